The van der Waals surface area contributed by atoms with Crippen molar-refractivity contribution in [2.75, 3.05) is 12.0 Å². The molecule has 5 aromatic rings. The molecule has 0 unspecified atom stereocenters. The number of nitrogens with one attached hydrogen (secondary N) is 1. The molecule has 0 radical (unpaired) electrons. The van der Waals surface area contributed by atoms with Crippen molar-refractivity contribution in [3.05, 3.63) is 126 Å². The van der Waals surface area contributed by atoms with E-state index in [-0.39, 0.29) is 12.1 Å². The summed E-state index contributed by atoms with van der Waals surface area (Å²) >= 11 is 5.94. The van der Waals surface area contributed by atoms with E-state index in [1.807, 2.05) is 85.1 Å². The predicted octanol–water partition coefficient (Wildman–Crippen LogP) is 7.12. The Labute approximate surface area is 239 Å². The zero-order valence-corrected chi connectivity index (χ0v) is 23.4. The first-order chi connectivity index (χ1) is 19.5. The van der Waals surface area contributed by atoms with Gasteiger partial charge in [-0.25, -0.2) is 0 Å². The van der Waals surface area contributed by atoms with Crippen molar-refractivity contribution in [1.29, 1.82) is 0 Å². The van der Waals surface area contributed by atoms with E-state index in [0.29, 0.717) is 11.7 Å². The lowest BCUT2D eigenvalue weighted by Crippen LogP contribution is -2.29. The van der Waals surface area contributed by atoms with Crippen LogP contribution < -0.4 is 19.7 Å². The maximum atomic E-state index is 6.07. The second-order valence-electron chi connectivity index (χ2n) is 9.76. The quantitative estimate of drug-likeness (QED) is 0.206. The highest BCUT2D eigenvalue weighted by Gasteiger charge is 2.42. The maximum Gasteiger partial charge on any atom is 0.174 e. The summed E-state index contributed by atoms with van der Waals surface area (Å²) in [6.45, 7) is 4.96. The van der Waals surface area contributed by atoms with Crippen LogP contribution in [0.25, 0.3) is 0 Å². The Morgan fingerprint density at radius 2 is 1.65 bits per heavy atom. The molecule has 2 atom stereocenters. The minimum absolute atomic E-state index is 0.104. The number of pyridine rings is 1. The van der Waals surface area contributed by atoms with Gasteiger partial charge in [-0.2, -0.15) is 0 Å². The van der Waals surface area contributed by atoms with Crippen LogP contribution in [0, 0.1) is 13.8 Å². The Morgan fingerprint density at radius 1 is 0.925 bits per heavy atom. The van der Waals surface area contributed by atoms with E-state index < -0.39 is 0 Å². The molecule has 7 nitrogen and oxygen atoms in total. The van der Waals surface area contributed by atoms with Crippen LogP contribution >= 0.6 is 12.2 Å². The summed E-state index contributed by atoms with van der Waals surface area (Å²) in [4.78, 5) is 6.88. The van der Waals surface area contributed by atoms with Gasteiger partial charge in [0.15, 0.2) is 5.11 Å². The molecule has 1 aliphatic heterocycles. The van der Waals surface area contributed by atoms with Crippen LogP contribution in [0.5, 0.6) is 17.2 Å². The molecule has 0 spiro atoms. The average molecular weight is 551 g/mol. The largest absolute Gasteiger partial charge is 0.497 e. The number of rotatable bonds is 8. The van der Waals surface area contributed by atoms with Gasteiger partial charge in [-0.3, -0.25) is 4.98 Å². The molecule has 0 bridgehead atoms. The number of benzene rings is 2. The summed E-state index contributed by atoms with van der Waals surface area (Å²) in [6, 6.07) is 27.5. The first-order valence-electron chi connectivity index (χ1n) is 13.1. The highest BCUT2D eigenvalue weighted by Crippen LogP contribution is 2.43. The minimum atomic E-state index is -0.124. The smallest absolute Gasteiger partial charge is 0.174 e. The monoisotopic (exact) mass is 550 g/mol. The topological polar surface area (TPSA) is 64.7 Å². The van der Waals surface area contributed by atoms with Crippen molar-refractivity contribution in [1.82, 2.24) is 14.9 Å². The van der Waals surface area contributed by atoms with Gasteiger partial charge in [0, 0.05) is 23.3 Å². The molecule has 0 amide bonds. The number of methoxy groups -OCH3 is 1. The van der Waals surface area contributed by atoms with Crippen molar-refractivity contribution in [3.8, 4) is 17.2 Å². The van der Waals surface area contributed by atoms with Gasteiger partial charge in [0.05, 0.1) is 37.7 Å². The molecule has 3 aromatic heterocycles. The van der Waals surface area contributed by atoms with Crippen molar-refractivity contribution in [2.45, 2.75) is 32.5 Å². The number of aryl methyl sites for hydroxylation is 1. The number of anilines is 1. The van der Waals surface area contributed by atoms with Gasteiger partial charge in [-0.05, 0) is 110 Å². The first-order valence-corrected chi connectivity index (χ1v) is 13.5. The van der Waals surface area contributed by atoms with E-state index in [0.717, 1.165) is 45.8 Å². The number of nitrogens with zero attached hydrogens (tertiary/aromatic N) is 3. The van der Waals surface area contributed by atoms with Gasteiger partial charge >= 0.3 is 0 Å². The average Bonchev–Trinajstić information content (AvgIpc) is 3.69. The second-order valence-corrected chi connectivity index (χ2v) is 10.1. The Morgan fingerprint density at radius 3 is 2.30 bits per heavy atom. The molecule has 1 N–H and O–H groups in total. The molecule has 202 valence electrons. The fraction of sp³-hybridized carbons (Fsp3) is 0.188. The minimum Gasteiger partial charge on any atom is -0.497 e. The highest BCUT2D eigenvalue weighted by molar-refractivity contribution is 7.80. The predicted molar refractivity (Wildman–Crippen MR) is 159 cm³/mol. The van der Waals surface area contributed by atoms with E-state index in [1.165, 1.54) is 5.56 Å². The van der Waals surface area contributed by atoms with Crippen LogP contribution in [-0.2, 0) is 6.54 Å². The van der Waals surface area contributed by atoms with Gasteiger partial charge < -0.3 is 28.7 Å². The molecule has 8 heteroatoms. The van der Waals surface area contributed by atoms with Crippen molar-refractivity contribution < 1.29 is 13.9 Å². The van der Waals surface area contributed by atoms with E-state index >= 15 is 0 Å². The molecule has 40 heavy (non-hydrogen) atoms. The zero-order chi connectivity index (χ0) is 27.6. The molecule has 6 rings (SSSR count). The van der Waals surface area contributed by atoms with Crippen LogP contribution in [0.4, 0.5) is 5.69 Å². The SMILES string of the molecule is COc1ccc(Oc2ccc(N3C(=S)N[C@@H](c4ccccn4)[C@H]3c3cc(C)n(Cc4ccco4)c3C)cc2)cc1. The number of hydrogen-bond donors (Lipinski definition) is 1. The second kappa shape index (κ2) is 10.9. The number of thiocarbonyl (C=S) groups is 1. The zero-order valence-electron chi connectivity index (χ0n) is 22.6. The maximum absolute atomic E-state index is 6.07. The molecule has 1 aliphatic rings. The third kappa shape index (κ3) is 4.94. The lowest BCUT2D eigenvalue weighted by molar-refractivity contribution is 0.413. The van der Waals surface area contributed by atoms with E-state index in [9.17, 15) is 0 Å². The van der Waals surface area contributed by atoms with Gasteiger partial charge in [0.1, 0.15) is 23.0 Å². The van der Waals surface area contributed by atoms with Crippen LogP contribution in [0.15, 0.2) is 102 Å². The standard InChI is InChI=1S/C32H30N4O3S/c1-21-19-28(22(2)35(21)20-27-7-6-18-38-27)31-30(29-8-4-5-17-33-29)34-32(40)36(31)23-9-11-25(12-10-23)39-26-15-13-24(37-3)14-16-26/h4-19,30-31H,20H2,1-3H3,(H,34,40)/t30-,31+/m0/s1. The summed E-state index contributed by atoms with van der Waals surface area (Å²) < 4.78 is 19.2. The van der Waals surface area contributed by atoms with Crippen molar-refractivity contribution >= 4 is 23.0 Å². The lowest BCUT2D eigenvalue weighted by Gasteiger charge is -2.28. The Bertz CT molecular complexity index is 1600. The summed E-state index contributed by atoms with van der Waals surface area (Å²) in [5.41, 5.74) is 5.41. The van der Waals surface area contributed by atoms with Gasteiger partial charge in [0.25, 0.3) is 0 Å². The van der Waals surface area contributed by atoms with Crippen molar-refractivity contribution in [2.24, 2.45) is 0 Å². The Balaban J connectivity index is 1.35. The number of ether oxygens (including phenoxy) is 2. The fourth-order valence-electron chi connectivity index (χ4n) is 5.33. The molecule has 1 saturated heterocycles. The van der Waals surface area contributed by atoms with E-state index in [2.05, 4.69) is 34.7 Å². The number of furan rings is 1. The van der Waals surface area contributed by atoms with Gasteiger partial charge in [0.2, 0.25) is 0 Å². The summed E-state index contributed by atoms with van der Waals surface area (Å²) in [7, 11) is 1.65. The van der Waals surface area contributed by atoms with Gasteiger partial charge in [-0.1, -0.05) is 6.07 Å². The molecule has 4 heterocycles. The summed E-state index contributed by atoms with van der Waals surface area (Å²) in [6.07, 6.45) is 3.54. The molecular formula is C32H30N4O3S. The van der Waals surface area contributed by atoms with E-state index in [1.54, 1.807) is 13.4 Å². The third-order valence-electron chi connectivity index (χ3n) is 7.33. The molecular weight excluding hydrogens is 520 g/mol. The number of aromatic nitrogens is 2. The molecule has 1 fully saturated rings. The number of hydrogen-bond acceptors (Lipinski definition) is 5. The molecule has 0 aliphatic carbocycles. The summed E-state index contributed by atoms with van der Waals surface area (Å²) in [5, 5.41) is 4.21. The summed E-state index contributed by atoms with van der Waals surface area (Å²) in [5.74, 6) is 3.18. The first kappa shape index (κ1) is 25.7. The van der Waals surface area contributed by atoms with Crippen LogP contribution in [0.2, 0.25) is 0 Å². The van der Waals surface area contributed by atoms with Crippen LogP contribution in [-0.4, -0.2) is 21.8 Å². The van der Waals surface area contributed by atoms with Crippen LogP contribution in [0.3, 0.4) is 0 Å². The van der Waals surface area contributed by atoms with Crippen molar-refractivity contribution in [3.63, 3.8) is 0 Å². The van der Waals surface area contributed by atoms with Gasteiger partial charge in [-0.15, -0.1) is 0 Å². The Kier molecular flexibility index (Phi) is 7.00. The lowest BCUT2D eigenvalue weighted by atomic mass is 9.96. The third-order valence-corrected chi connectivity index (χ3v) is 7.65. The molecule has 2 aromatic carbocycles. The normalized spacial score (nSPS) is 16.7. The van der Waals surface area contributed by atoms with Crippen LogP contribution in [0.1, 0.15) is 40.5 Å². The Hall–Kier alpha value is -4.56. The van der Waals surface area contributed by atoms with E-state index in [4.69, 9.17) is 31.1 Å². The highest BCUT2D eigenvalue weighted by atomic mass is 32.1. The fourth-order valence-corrected chi connectivity index (χ4v) is 5.68. The molecule has 0 saturated carbocycles.